The van der Waals surface area contributed by atoms with E-state index in [-0.39, 0.29) is 1.43 Å². The fraction of sp³-hybridized carbons (Fsp3) is 0.333. The van der Waals surface area contributed by atoms with Gasteiger partial charge in [0.25, 0.3) is 0 Å². The first-order valence-corrected chi connectivity index (χ1v) is 2.55. The summed E-state index contributed by atoms with van der Waals surface area (Å²) in [5, 5.41) is 0. The summed E-state index contributed by atoms with van der Waals surface area (Å²) >= 11 is 0. The second-order valence-corrected chi connectivity index (χ2v) is 1.55. The van der Waals surface area contributed by atoms with Crippen molar-refractivity contribution >= 4 is 0 Å². The van der Waals surface area contributed by atoms with E-state index in [1.807, 2.05) is 12.3 Å². The van der Waals surface area contributed by atoms with Crippen LogP contribution in [0.2, 0.25) is 0 Å². The fourth-order valence-electron chi connectivity index (χ4n) is 0.587. The normalized spacial score (nSPS) is 9.29. The van der Waals surface area contributed by atoms with Crippen LogP contribution in [0, 0.1) is 0 Å². The Hall–Kier alpha value is -0.720. The zero-order chi connectivity index (χ0) is 5.11. The van der Waals surface area contributed by atoms with Gasteiger partial charge in [0.05, 0.1) is 0 Å². The minimum atomic E-state index is 0. The van der Waals surface area contributed by atoms with E-state index in [9.17, 15) is 0 Å². The first kappa shape index (κ1) is 4.44. The third-order valence-electron chi connectivity index (χ3n) is 1.04. The van der Waals surface area contributed by atoms with E-state index < -0.39 is 0 Å². The molecule has 0 amide bonds. The zero-order valence-electron chi connectivity index (χ0n) is 4.44. The van der Waals surface area contributed by atoms with Crippen molar-refractivity contribution < 1.29 is 1.43 Å². The van der Waals surface area contributed by atoms with E-state index in [0.29, 0.717) is 0 Å². The molecule has 0 aliphatic rings. The molecule has 40 valence electrons. The standard InChI is InChI=1S/C6H9N.H2/c1-2-6-4-3-5-7-6;/h3-5,7H,2H2,1H3;1H. The lowest BCUT2D eigenvalue weighted by atomic mass is 10.4. The minimum Gasteiger partial charge on any atom is -0.365 e. The number of aryl methyl sites for hydroxylation is 1. The lowest BCUT2D eigenvalue weighted by Gasteiger charge is -1.81. The third-order valence-corrected chi connectivity index (χ3v) is 1.04. The summed E-state index contributed by atoms with van der Waals surface area (Å²) in [6.07, 6.45) is 3.05. The van der Waals surface area contributed by atoms with Crippen LogP contribution in [0.25, 0.3) is 0 Å². The summed E-state index contributed by atoms with van der Waals surface area (Å²) in [5.74, 6) is 0. The molecule has 1 aromatic heterocycles. The van der Waals surface area contributed by atoms with Gasteiger partial charge < -0.3 is 4.98 Å². The van der Waals surface area contributed by atoms with Crippen molar-refractivity contribution in [2.45, 2.75) is 13.3 Å². The Kier molecular flexibility index (Phi) is 1.16. The molecule has 1 N–H and O–H groups in total. The Morgan fingerprint density at radius 3 is 3.00 bits per heavy atom. The number of H-pyrrole nitrogens is 1. The largest absolute Gasteiger partial charge is 0.365 e. The molecule has 1 heterocycles. The van der Waals surface area contributed by atoms with Crippen molar-refractivity contribution in [3.63, 3.8) is 0 Å². The second kappa shape index (κ2) is 1.82. The number of rotatable bonds is 1. The molecular weight excluding hydrogens is 86.1 g/mol. The first-order chi connectivity index (χ1) is 3.43. The highest BCUT2D eigenvalue weighted by molar-refractivity contribution is 5.02. The van der Waals surface area contributed by atoms with Crippen molar-refractivity contribution in [1.29, 1.82) is 0 Å². The molecule has 0 radical (unpaired) electrons. The van der Waals surface area contributed by atoms with Crippen LogP contribution in [0.3, 0.4) is 0 Å². The van der Waals surface area contributed by atoms with Crippen LogP contribution in [0.15, 0.2) is 18.3 Å². The van der Waals surface area contributed by atoms with E-state index in [2.05, 4.69) is 18.0 Å². The van der Waals surface area contributed by atoms with Crippen molar-refractivity contribution in [3.05, 3.63) is 24.0 Å². The molecule has 0 fully saturated rings. The highest BCUT2D eigenvalue weighted by Gasteiger charge is 1.80. The van der Waals surface area contributed by atoms with E-state index in [0.717, 1.165) is 6.42 Å². The lowest BCUT2D eigenvalue weighted by molar-refractivity contribution is 1.06. The Morgan fingerprint density at radius 1 is 1.86 bits per heavy atom. The van der Waals surface area contributed by atoms with Gasteiger partial charge in [0, 0.05) is 13.3 Å². The predicted octanol–water partition coefficient (Wildman–Crippen LogP) is 1.82. The van der Waals surface area contributed by atoms with E-state index in [1.165, 1.54) is 5.69 Å². The number of nitrogens with one attached hydrogen (secondary N) is 1. The molecule has 0 saturated carbocycles. The maximum atomic E-state index is 3.09. The topological polar surface area (TPSA) is 15.8 Å². The van der Waals surface area contributed by atoms with Crippen LogP contribution in [-0.4, -0.2) is 4.98 Å². The Labute approximate surface area is 44.9 Å². The van der Waals surface area contributed by atoms with Crippen molar-refractivity contribution in [2.24, 2.45) is 0 Å². The lowest BCUT2D eigenvalue weighted by Crippen LogP contribution is -1.73. The van der Waals surface area contributed by atoms with Gasteiger partial charge in [0.2, 0.25) is 0 Å². The molecule has 0 unspecified atom stereocenters. The molecule has 1 aromatic rings. The van der Waals surface area contributed by atoms with Gasteiger partial charge in [-0.15, -0.1) is 0 Å². The molecule has 0 aliphatic heterocycles. The van der Waals surface area contributed by atoms with Gasteiger partial charge in [-0.25, -0.2) is 0 Å². The van der Waals surface area contributed by atoms with Gasteiger partial charge in [0.1, 0.15) is 0 Å². The Morgan fingerprint density at radius 2 is 2.71 bits per heavy atom. The van der Waals surface area contributed by atoms with E-state index in [1.54, 1.807) is 0 Å². The predicted molar refractivity (Wildman–Crippen MR) is 32.3 cm³/mol. The smallest absolute Gasteiger partial charge is 0.0144 e. The quantitative estimate of drug-likeness (QED) is 0.550. The first-order valence-electron chi connectivity index (χ1n) is 2.55. The third kappa shape index (κ3) is 0.829. The molecule has 0 saturated heterocycles. The van der Waals surface area contributed by atoms with Crippen LogP contribution in [0.4, 0.5) is 0 Å². The molecule has 0 bridgehead atoms. The Bertz CT molecular complexity index is 123. The molecule has 1 nitrogen and oxygen atoms in total. The van der Waals surface area contributed by atoms with Crippen molar-refractivity contribution in [3.8, 4) is 0 Å². The van der Waals surface area contributed by atoms with E-state index >= 15 is 0 Å². The fourth-order valence-corrected chi connectivity index (χ4v) is 0.587. The van der Waals surface area contributed by atoms with Crippen LogP contribution >= 0.6 is 0 Å². The highest BCUT2D eigenvalue weighted by Crippen LogP contribution is 1.92. The Balaban J connectivity index is 0.000000490. The van der Waals surface area contributed by atoms with Crippen LogP contribution in [0.5, 0.6) is 0 Å². The summed E-state index contributed by atoms with van der Waals surface area (Å²) in [6.45, 7) is 2.13. The molecule has 0 spiro atoms. The summed E-state index contributed by atoms with van der Waals surface area (Å²) in [6, 6.07) is 4.10. The maximum Gasteiger partial charge on any atom is 0.0144 e. The van der Waals surface area contributed by atoms with Gasteiger partial charge >= 0.3 is 0 Å². The number of hydrogen-bond acceptors (Lipinski definition) is 0. The van der Waals surface area contributed by atoms with Gasteiger partial charge in [-0.05, 0) is 18.6 Å². The molecule has 0 aliphatic carbocycles. The zero-order valence-corrected chi connectivity index (χ0v) is 4.44. The monoisotopic (exact) mass is 97.1 g/mol. The van der Waals surface area contributed by atoms with Crippen molar-refractivity contribution in [1.82, 2.24) is 4.98 Å². The minimum absolute atomic E-state index is 0. The summed E-state index contributed by atoms with van der Waals surface area (Å²) in [5.41, 5.74) is 1.31. The van der Waals surface area contributed by atoms with Gasteiger partial charge in [-0.3, -0.25) is 0 Å². The average molecular weight is 97.2 g/mol. The highest BCUT2D eigenvalue weighted by atomic mass is 14.7. The van der Waals surface area contributed by atoms with Crippen LogP contribution < -0.4 is 0 Å². The van der Waals surface area contributed by atoms with Gasteiger partial charge in [0.15, 0.2) is 0 Å². The maximum absolute atomic E-state index is 3.09. The van der Waals surface area contributed by atoms with Crippen molar-refractivity contribution in [2.75, 3.05) is 0 Å². The molecule has 7 heavy (non-hydrogen) atoms. The SMILES string of the molecule is CCc1ccc[nH]1.[HH]. The molecule has 1 rings (SSSR count). The summed E-state index contributed by atoms with van der Waals surface area (Å²) in [4.78, 5) is 3.09. The molecule has 0 aromatic carbocycles. The molecular formula is C6H11N. The van der Waals surface area contributed by atoms with E-state index in [4.69, 9.17) is 0 Å². The van der Waals surface area contributed by atoms with Gasteiger partial charge in [-0.1, -0.05) is 6.92 Å². The molecule has 1 heteroatoms. The van der Waals surface area contributed by atoms with Crippen LogP contribution in [0.1, 0.15) is 14.0 Å². The average Bonchev–Trinajstić information content (AvgIpc) is 2.14. The number of hydrogen-bond donors (Lipinski definition) is 1. The number of aromatic amines is 1. The number of aromatic nitrogens is 1. The van der Waals surface area contributed by atoms with Gasteiger partial charge in [-0.2, -0.15) is 0 Å². The summed E-state index contributed by atoms with van der Waals surface area (Å²) in [7, 11) is 0. The second-order valence-electron chi connectivity index (χ2n) is 1.55. The van der Waals surface area contributed by atoms with Crippen LogP contribution in [-0.2, 0) is 6.42 Å². The summed E-state index contributed by atoms with van der Waals surface area (Å²) < 4.78 is 0. The molecule has 0 atom stereocenters.